The van der Waals surface area contributed by atoms with Gasteiger partial charge in [-0.05, 0) is 50.8 Å². The fourth-order valence-corrected chi connectivity index (χ4v) is 3.50. The summed E-state index contributed by atoms with van der Waals surface area (Å²) in [6.45, 7) is 6.06. The first-order valence-electron chi connectivity index (χ1n) is 11.9. The molecule has 0 aliphatic heterocycles. The van der Waals surface area contributed by atoms with Crippen LogP contribution in [0.4, 0.5) is 5.69 Å². The summed E-state index contributed by atoms with van der Waals surface area (Å²) in [5.41, 5.74) is 0.921. The Morgan fingerprint density at radius 1 is 0.919 bits per heavy atom. The van der Waals surface area contributed by atoms with Crippen LogP contribution in [0.15, 0.2) is 33.5 Å². The lowest BCUT2D eigenvalue weighted by Gasteiger charge is -2.21. The summed E-state index contributed by atoms with van der Waals surface area (Å²) < 4.78 is 5.23. The van der Waals surface area contributed by atoms with Gasteiger partial charge in [-0.1, -0.05) is 0 Å². The van der Waals surface area contributed by atoms with Gasteiger partial charge in [0.05, 0.1) is 6.54 Å². The minimum atomic E-state index is -0.964. The van der Waals surface area contributed by atoms with Crippen molar-refractivity contribution in [3.05, 3.63) is 40.2 Å². The van der Waals surface area contributed by atoms with E-state index in [1.54, 1.807) is 19.1 Å². The predicted octanol–water partition coefficient (Wildman–Crippen LogP) is 0.472. The molecule has 2 rings (SSSR count). The summed E-state index contributed by atoms with van der Waals surface area (Å²) in [6, 6.07) is 4.38. The van der Waals surface area contributed by atoms with Gasteiger partial charge in [-0.25, -0.2) is 4.79 Å². The van der Waals surface area contributed by atoms with Crippen LogP contribution in [-0.2, 0) is 24.0 Å². The zero-order chi connectivity index (χ0) is 27.5. The van der Waals surface area contributed by atoms with E-state index in [2.05, 4.69) is 26.6 Å². The number of aryl methyl sites for hydroxylation is 1. The average molecular weight is 516 g/mol. The van der Waals surface area contributed by atoms with Gasteiger partial charge >= 0.3 is 5.63 Å². The second-order valence-corrected chi connectivity index (χ2v) is 8.69. The molecule has 0 fully saturated rings. The first kappa shape index (κ1) is 29.0. The summed E-state index contributed by atoms with van der Waals surface area (Å²) in [6.07, 6.45) is 1.38. The number of unbranched alkanes of at least 4 members (excludes halogenated alkanes) is 1. The zero-order valence-corrected chi connectivity index (χ0v) is 21.4. The van der Waals surface area contributed by atoms with E-state index >= 15 is 0 Å². The van der Waals surface area contributed by atoms with Gasteiger partial charge < -0.3 is 31.0 Å². The number of anilines is 1. The average Bonchev–Trinajstić information content (AvgIpc) is 2.81. The van der Waals surface area contributed by atoms with Gasteiger partial charge in [-0.15, -0.1) is 0 Å². The van der Waals surface area contributed by atoms with Gasteiger partial charge in [0.2, 0.25) is 29.5 Å². The van der Waals surface area contributed by atoms with Gasteiger partial charge in [0, 0.05) is 43.6 Å². The lowest BCUT2D eigenvalue weighted by Crippen LogP contribution is -2.52. The van der Waals surface area contributed by atoms with E-state index in [4.69, 9.17) is 4.42 Å². The molecule has 2 aromatic rings. The van der Waals surface area contributed by atoms with Crippen LogP contribution in [0.5, 0.6) is 0 Å². The molecule has 0 spiro atoms. The van der Waals surface area contributed by atoms with Crippen molar-refractivity contribution >= 4 is 46.2 Å². The molecule has 2 atom stereocenters. The summed E-state index contributed by atoms with van der Waals surface area (Å²) in [5, 5.41) is 13.6. The smallest absolute Gasteiger partial charge is 0.336 e. The fraction of sp³-hybridized carbons (Fsp3) is 0.440. The second-order valence-electron chi connectivity index (χ2n) is 8.69. The van der Waals surface area contributed by atoms with Crippen LogP contribution in [0.2, 0.25) is 0 Å². The monoisotopic (exact) mass is 515 g/mol. The maximum absolute atomic E-state index is 13.1. The first-order chi connectivity index (χ1) is 17.5. The SMILES string of the molecule is CC(=O)NCCCCC(NC(=O)C(C)NC(=O)CNC(C)=O)C(=O)Nc1ccc2c(C)cc(=O)oc2c1. The Morgan fingerprint density at radius 3 is 2.30 bits per heavy atom. The standard InChI is InChI=1S/C25H33N5O7/c1-14-11-23(34)37-21-12-18(8-9-19(14)21)29-25(36)20(7-5-6-10-26-16(3)31)30-24(35)15(2)28-22(33)13-27-17(4)32/h8-9,11-12,15,20H,5-7,10,13H2,1-4H3,(H,26,31)(H,27,32)(H,28,33)(H,29,36)(H,30,35). The second kappa shape index (κ2) is 13.8. The number of fused-ring (bicyclic) bond motifs is 1. The number of benzene rings is 1. The summed E-state index contributed by atoms with van der Waals surface area (Å²) in [7, 11) is 0. The molecule has 5 N–H and O–H groups in total. The minimum Gasteiger partial charge on any atom is -0.423 e. The van der Waals surface area contributed by atoms with Crippen LogP contribution >= 0.6 is 0 Å². The molecule has 5 amide bonds. The van der Waals surface area contributed by atoms with Crippen molar-refractivity contribution in [2.75, 3.05) is 18.4 Å². The normalized spacial score (nSPS) is 12.2. The van der Waals surface area contributed by atoms with Gasteiger partial charge in [-0.3, -0.25) is 24.0 Å². The molecule has 0 bridgehead atoms. The fourth-order valence-electron chi connectivity index (χ4n) is 3.50. The summed E-state index contributed by atoms with van der Waals surface area (Å²) in [5.74, 6) is -2.18. The van der Waals surface area contributed by atoms with E-state index in [9.17, 15) is 28.8 Å². The first-order valence-corrected chi connectivity index (χ1v) is 11.9. The van der Waals surface area contributed by atoms with E-state index in [1.807, 2.05) is 0 Å². The Morgan fingerprint density at radius 2 is 1.62 bits per heavy atom. The largest absolute Gasteiger partial charge is 0.423 e. The molecule has 12 heteroatoms. The molecule has 0 radical (unpaired) electrons. The molecule has 12 nitrogen and oxygen atoms in total. The number of rotatable bonds is 12. The molecule has 0 saturated heterocycles. The van der Waals surface area contributed by atoms with Crippen molar-refractivity contribution in [2.45, 2.75) is 59.0 Å². The van der Waals surface area contributed by atoms with Crippen LogP contribution in [-0.4, -0.2) is 54.7 Å². The van der Waals surface area contributed by atoms with Gasteiger partial charge in [-0.2, -0.15) is 0 Å². The van der Waals surface area contributed by atoms with Crippen molar-refractivity contribution < 1.29 is 28.4 Å². The number of nitrogens with one attached hydrogen (secondary N) is 5. The van der Waals surface area contributed by atoms with Crippen molar-refractivity contribution in [3.8, 4) is 0 Å². The van der Waals surface area contributed by atoms with E-state index in [0.29, 0.717) is 30.7 Å². The lowest BCUT2D eigenvalue weighted by molar-refractivity contribution is -0.131. The number of amides is 5. The van der Waals surface area contributed by atoms with Crippen LogP contribution in [0.3, 0.4) is 0 Å². The van der Waals surface area contributed by atoms with E-state index < -0.39 is 35.4 Å². The third-order valence-corrected chi connectivity index (χ3v) is 5.41. The third-order valence-electron chi connectivity index (χ3n) is 5.41. The van der Waals surface area contributed by atoms with Crippen LogP contribution < -0.4 is 32.2 Å². The Balaban J connectivity index is 2.09. The zero-order valence-electron chi connectivity index (χ0n) is 21.4. The molecule has 2 unspecified atom stereocenters. The molecule has 37 heavy (non-hydrogen) atoms. The Hall–Kier alpha value is -4.22. The highest BCUT2D eigenvalue weighted by Crippen LogP contribution is 2.21. The van der Waals surface area contributed by atoms with Crippen molar-refractivity contribution in [2.24, 2.45) is 0 Å². The summed E-state index contributed by atoms with van der Waals surface area (Å²) >= 11 is 0. The van der Waals surface area contributed by atoms with Gasteiger partial charge in [0.25, 0.3) is 0 Å². The van der Waals surface area contributed by atoms with Gasteiger partial charge in [0.1, 0.15) is 17.7 Å². The lowest BCUT2D eigenvalue weighted by atomic mass is 10.1. The molecule has 1 aromatic carbocycles. The van der Waals surface area contributed by atoms with Crippen LogP contribution in [0.1, 0.15) is 45.6 Å². The van der Waals surface area contributed by atoms with E-state index in [1.165, 1.54) is 32.9 Å². The highest BCUT2D eigenvalue weighted by Gasteiger charge is 2.24. The number of carbonyl (C=O) groups excluding carboxylic acids is 5. The quantitative estimate of drug-likeness (QED) is 0.202. The predicted molar refractivity (Wildman–Crippen MR) is 137 cm³/mol. The molecule has 1 heterocycles. The Kier molecular flexibility index (Phi) is 10.8. The maximum atomic E-state index is 13.1. The molecule has 200 valence electrons. The molecule has 0 saturated carbocycles. The topological polar surface area (TPSA) is 176 Å². The van der Waals surface area contributed by atoms with Crippen molar-refractivity contribution in [1.29, 1.82) is 0 Å². The van der Waals surface area contributed by atoms with E-state index in [0.717, 1.165) is 10.9 Å². The van der Waals surface area contributed by atoms with Crippen molar-refractivity contribution in [1.82, 2.24) is 21.3 Å². The van der Waals surface area contributed by atoms with Crippen molar-refractivity contribution in [3.63, 3.8) is 0 Å². The Labute approximate surface area is 213 Å². The number of hydrogen-bond acceptors (Lipinski definition) is 7. The van der Waals surface area contributed by atoms with Gasteiger partial charge in [0.15, 0.2) is 0 Å². The summed E-state index contributed by atoms with van der Waals surface area (Å²) in [4.78, 5) is 71.5. The highest BCUT2D eigenvalue weighted by atomic mass is 16.4. The van der Waals surface area contributed by atoms with E-state index in [-0.39, 0.29) is 24.8 Å². The number of hydrogen-bond donors (Lipinski definition) is 5. The molecule has 1 aromatic heterocycles. The molecule has 0 aliphatic carbocycles. The highest BCUT2D eigenvalue weighted by molar-refractivity contribution is 5.99. The maximum Gasteiger partial charge on any atom is 0.336 e. The molecular formula is C25H33N5O7. The molecule has 0 aliphatic rings. The minimum absolute atomic E-state index is 0.162. The third kappa shape index (κ3) is 9.74. The molecular weight excluding hydrogens is 482 g/mol. The Bertz CT molecular complexity index is 1220. The number of carbonyl (C=O) groups is 5. The van der Waals surface area contributed by atoms with Crippen LogP contribution in [0, 0.1) is 6.92 Å². The van der Waals surface area contributed by atoms with Crippen LogP contribution in [0.25, 0.3) is 11.0 Å².